The van der Waals surface area contributed by atoms with Gasteiger partial charge in [0.25, 0.3) is 0 Å². The number of hydrogen-bond acceptors (Lipinski definition) is 1. The number of aryl methyl sites for hydroxylation is 2. The van der Waals surface area contributed by atoms with E-state index in [1.807, 2.05) is 0 Å². The van der Waals surface area contributed by atoms with Gasteiger partial charge < -0.3 is 0 Å². The Morgan fingerprint density at radius 1 is 0.950 bits per heavy atom. The first-order valence-corrected chi connectivity index (χ1v) is 8.46. The lowest BCUT2D eigenvalue weighted by Crippen LogP contribution is -2.01. The highest BCUT2D eigenvalue weighted by Gasteiger charge is 2.15. The van der Waals surface area contributed by atoms with Gasteiger partial charge in [-0.1, -0.05) is 57.2 Å². The van der Waals surface area contributed by atoms with Crippen molar-refractivity contribution in [3.05, 3.63) is 34.9 Å². The van der Waals surface area contributed by atoms with Gasteiger partial charge in [-0.3, -0.25) is 4.79 Å². The van der Waals surface area contributed by atoms with Crippen molar-refractivity contribution in [3.63, 3.8) is 0 Å². The largest absolute Gasteiger partial charge is 0.294 e. The molecule has 0 saturated heterocycles. The van der Waals surface area contributed by atoms with Gasteiger partial charge in [0.2, 0.25) is 0 Å². The van der Waals surface area contributed by atoms with E-state index < -0.39 is 0 Å². The third-order valence-electron chi connectivity index (χ3n) is 4.39. The molecule has 0 fully saturated rings. The average Bonchev–Trinajstić information content (AvgIpc) is 2.64. The molecule has 1 nitrogen and oxygen atoms in total. The number of Topliss-reactive ketones (excluding diaryl/α,β-unsaturated/α-hetero) is 1. The molecule has 1 aliphatic rings. The highest BCUT2D eigenvalue weighted by molar-refractivity contribution is 5.97. The summed E-state index contributed by atoms with van der Waals surface area (Å²) in [5.41, 5.74) is 3.72. The fourth-order valence-electron chi connectivity index (χ4n) is 3.13. The highest BCUT2D eigenvalue weighted by atomic mass is 16.1. The zero-order valence-electron chi connectivity index (χ0n) is 12.9. The Kier molecular flexibility index (Phi) is 6.29. The van der Waals surface area contributed by atoms with Crippen LogP contribution in [0, 0.1) is 0 Å². The second-order valence-electron chi connectivity index (χ2n) is 6.14. The minimum Gasteiger partial charge on any atom is -0.294 e. The van der Waals surface area contributed by atoms with E-state index in [2.05, 4.69) is 25.1 Å². The van der Waals surface area contributed by atoms with Crippen molar-refractivity contribution in [2.24, 2.45) is 0 Å². The summed E-state index contributed by atoms with van der Waals surface area (Å²) in [7, 11) is 0. The van der Waals surface area contributed by atoms with Crippen LogP contribution in [0.5, 0.6) is 0 Å². The Bertz CT molecular complexity index is 433. The van der Waals surface area contributed by atoms with Crippen LogP contribution in [-0.4, -0.2) is 5.78 Å². The number of carbonyl (C=O) groups excluding carboxylic acids is 1. The van der Waals surface area contributed by atoms with Gasteiger partial charge in [-0.2, -0.15) is 0 Å². The predicted molar refractivity (Wildman–Crippen MR) is 85.4 cm³/mol. The SMILES string of the molecule is CCCCCCCCc1ccc2c(c1)CCCCC2=O. The molecule has 0 atom stereocenters. The van der Waals surface area contributed by atoms with Crippen molar-refractivity contribution >= 4 is 5.78 Å². The van der Waals surface area contributed by atoms with Gasteiger partial charge in [-0.05, 0) is 43.2 Å². The smallest absolute Gasteiger partial charge is 0.163 e. The molecule has 0 heterocycles. The molecule has 1 aromatic carbocycles. The Balaban J connectivity index is 1.84. The van der Waals surface area contributed by atoms with Crippen LogP contribution in [0.1, 0.15) is 86.2 Å². The molecule has 0 aromatic heterocycles. The first kappa shape index (κ1) is 15.3. The van der Waals surface area contributed by atoms with Gasteiger partial charge in [0, 0.05) is 12.0 Å². The molecule has 0 saturated carbocycles. The molecule has 1 heteroatoms. The molecule has 0 spiro atoms. The van der Waals surface area contributed by atoms with Gasteiger partial charge in [-0.25, -0.2) is 0 Å². The van der Waals surface area contributed by atoms with Gasteiger partial charge in [0.05, 0.1) is 0 Å². The molecule has 0 unspecified atom stereocenters. The maximum Gasteiger partial charge on any atom is 0.163 e. The molecule has 0 N–H and O–H groups in total. The third-order valence-corrected chi connectivity index (χ3v) is 4.39. The van der Waals surface area contributed by atoms with E-state index in [1.54, 1.807) is 0 Å². The first-order valence-electron chi connectivity index (χ1n) is 8.46. The second kappa shape index (κ2) is 8.24. The molecular formula is C19H28O. The quantitative estimate of drug-likeness (QED) is 0.473. The van der Waals surface area contributed by atoms with Crippen LogP contribution in [0.2, 0.25) is 0 Å². The summed E-state index contributed by atoms with van der Waals surface area (Å²) >= 11 is 0. The number of rotatable bonds is 7. The summed E-state index contributed by atoms with van der Waals surface area (Å²) in [6.07, 6.45) is 13.3. The fourth-order valence-corrected chi connectivity index (χ4v) is 3.13. The van der Waals surface area contributed by atoms with Gasteiger partial charge in [0.1, 0.15) is 0 Å². The molecule has 0 bridgehead atoms. The summed E-state index contributed by atoms with van der Waals surface area (Å²) < 4.78 is 0. The van der Waals surface area contributed by atoms with Crippen molar-refractivity contribution < 1.29 is 4.79 Å². The fraction of sp³-hybridized carbons (Fsp3) is 0.632. The normalized spacial score (nSPS) is 14.9. The Morgan fingerprint density at radius 3 is 2.55 bits per heavy atom. The lowest BCUT2D eigenvalue weighted by atomic mass is 9.97. The van der Waals surface area contributed by atoms with Crippen molar-refractivity contribution in [2.75, 3.05) is 0 Å². The Morgan fingerprint density at radius 2 is 1.70 bits per heavy atom. The molecule has 2 rings (SSSR count). The van der Waals surface area contributed by atoms with E-state index in [1.165, 1.54) is 62.5 Å². The van der Waals surface area contributed by atoms with Crippen molar-refractivity contribution in [1.82, 2.24) is 0 Å². The third kappa shape index (κ3) is 4.47. The van der Waals surface area contributed by atoms with Gasteiger partial charge >= 0.3 is 0 Å². The molecule has 0 amide bonds. The standard InChI is InChI=1S/C19H28O/c1-2-3-4-5-6-7-10-16-13-14-18-17(15-16)11-8-9-12-19(18)20/h13-15H,2-12H2,1H3. The number of unbranched alkanes of at least 4 members (excludes halogenated alkanes) is 5. The first-order chi connectivity index (χ1) is 9.81. The van der Waals surface area contributed by atoms with E-state index in [9.17, 15) is 4.79 Å². The molecular weight excluding hydrogens is 244 g/mol. The van der Waals surface area contributed by atoms with Crippen molar-refractivity contribution in [3.8, 4) is 0 Å². The second-order valence-corrected chi connectivity index (χ2v) is 6.14. The summed E-state index contributed by atoms with van der Waals surface area (Å²) in [6, 6.07) is 6.55. The van der Waals surface area contributed by atoms with Crippen LogP contribution < -0.4 is 0 Å². The van der Waals surface area contributed by atoms with Gasteiger partial charge in [-0.15, -0.1) is 0 Å². The predicted octanol–water partition coefficient (Wildman–Crippen LogP) is 5.50. The minimum absolute atomic E-state index is 0.351. The maximum atomic E-state index is 12.0. The molecule has 0 radical (unpaired) electrons. The van der Waals surface area contributed by atoms with Crippen molar-refractivity contribution in [1.29, 1.82) is 0 Å². The van der Waals surface area contributed by atoms with Crippen molar-refractivity contribution in [2.45, 2.75) is 77.6 Å². The zero-order valence-corrected chi connectivity index (χ0v) is 12.9. The van der Waals surface area contributed by atoms with Crippen LogP contribution >= 0.6 is 0 Å². The number of ketones is 1. The molecule has 20 heavy (non-hydrogen) atoms. The topological polar surface area (TPSA) is 17.1 Å². The van der Waals surface area contributed by atoms with E-state index in [0.29, 0.717) is 5.78 Å². The molecule has 1 aromatic rings. The van der Waals surface area contributed by atoms with E-state index >= 15 is 0 Å². The van der Waals surface area contributed by atoms with E-state index in [-0.39, 0.29) is 0 Å². The molecule has 1 aliphatic carbocycles. The number of carbonyl (C=O) groups is 1. The Labute approximate surface area is 123 Å². The van der Waals surface area contributed by atoms with Gasteiger partial charge in [0.15, 0.2) is 5.78 Å². The minimum atomic E-state index is 0.351. The van der Waals surface area contributed by atoms with E-state index in [0.717, 1.165) is 24.8 Å². The number of fused-ring (bicyclic) bond motifs is 1. The summed E-state index contributed by atoms with van der Waals surface area (Å²) in [4.78, 5) is 12.0. The number of hydrogen-bond donors (Lipinski definition) is 0. The van der Waals surface area contributed by atoms with E-state index in [4.69, 9.17) is 0 Å². The Hall–Kier alpha value is -1.11. The van der Waals surface area contributed by atoms with Crippen LogP contribution in [-0.2, 0) is 12.8 Å². The lowest BCUT2D eigenvalue weighted by Gasteiger charge is -2.08. The summed E-state index contributed by atoms with van der Waals surface area (Å²) in [5.74, 6) is 0.351. The van der Waals surface area contributed by atoms with Crippen LogP contribution in [0.4, 0.5) is 0 Å². The number of benzene rings is 1. The highest BCUT2D eigenvalue weighted by Crippen LogP contribution is 2.22. The summed E-state index contributed by atoms with van der Waals surface area (Å²) in [5, 5.41) is 0. The molecule has 0 aliphatic heterocycles. The summed E-state index contributed by atoms with van der Waals surface area (Å²) in [6.45, 7) is 2.26. The molecule has 110 valence electrons. The van der Waals surface area contributed by atoms with Crippen LogP contribution in [0.15, 0.2) is 18.2 Å². The average molecular weight is 272 g/mol. The lowest BCUT2D eigenvalue weighted by molar-refractivity contribution is 0.0982. The zero-order chi connectivity index (χ0) is 14.2. The monoisotopic (exact) mass is 272 g/mol. The van der Waals surface area contributed by atoms with Crippen LogP contribution in [0.25, 0.3) is 0 Å². The maximum absolute atomic E-state index is 12.0. The van der Waals surface area contributed by atoms with Crippen LogP contribution in [0.3, 0.4) is 0 Å².